The molecule has 1 atom stereocenters. The van der Waals surface area contributed by atoms with Crippen LogP contribution >= 0.6 is 0 Å². The third-order valence-electron chi connectivity index (χ3n) is 2.60. The Morgan fingerprint density at radius 1 is 1.08 bits per heavy atom. The fourth-order valence-electron chi connectivity index (χ4n) is 1.57. The van der Waals surface area contributed by atoms with E-state index in [4.69, 9.17) is 5.84 Å². The normalized spacial score (nSPS) is 13.6. The van der Waals surface area contributed by atoms with E-state index in [-0.39, 0.29) is 0 Å². The molecule has 0 amide bonds. The molecule has 0 aliphatic rings. The van der Waals surface area contributed by atoms with Crippen molar-refractivity contribution in [1.29, 1.82) is 0 Å². The quantitative estimate of drug-likeness (QED) is 0.466. The third kappa shape index (κ3) is 6.05. The van der Waals surface area contributed by atoms with Crippen molar-refractivity contribution in [2.45, 2.75) is 65.3 Å². The van der Waals surface area contributed by atoms with Crippen LogP contribution in [-0.2, 0) is 0 Å². The van der Waals surface area contributed by atoms with Crippen LogP contribution in [-0.4, -0.2) is 17.6 Å². The Kier molecular flexibility index (Phi) is 8.46. The van der Waals surface area contributed by atoms with Gasteiger partial charge in [0.05, 0.1) is 0 Å². The van der Waals surface area contributed by atoms with Crippen molar-refractivity contribution in [3.63, 3.8) is 0 Å². The molecule has 0 rings (SSSR count). The molecule has 0 bridgehead atoms. The molecule has 0 heterocycles. The minimum atomic E-state index is 0.603. The van der Waals surface area contributed by atoms with Crippen LogP contribution in [0, 0.1) is 0 Å². The second-order valence-electron chi connectivity index (χ2n) is 3.80. The maximum absolute atomic E-state index is 5.99. The lowest BCUT2D eigenvalue weighted by molar-refractivity contribution is 0.179. The molecule has 0 aromatic rings. The fourth-order valence-corrected chi connectivity index (χ4v) is 1.57. The average molecular weight is 186 g/mol. The van der Waals surface area contributed by atoms with Crippen LogP contribution in [0.4, 0.5) is 0 Å². The standard InChI is InChI=1S/C11H26N2/c1-4-7-9-11(6-3)13(12)10-8-5-2/h11H,4-10,12H2,1-3H3. The van der Waals surface area contributed by atoms with Gasteiger partial charge >= 0.3 is 0 Å². The summed E-state index contributed by atoms with van der Waals surface area (Å²) >= 11 is 0. The Bertz CT molecular complexity index is 104. The Morgan fingerprint density at radius 3 is 2.15 bits per heavy atom. The molecule has 0 aromatic heterocycles. The van der Waals surface area contributed by atoms with E-state index >= 15 is 0 Å². The molecule has 0 spiro atoms. The molecule has 1 unspecified atom stereocenters. The molecule has 0 saturated carbocycles. The molecule has 0 radical (unpaired) electrons. The van der Waals surface area contributed by atoms with E-state index in [1.54, 1.807) is 0 Å². The summed E-state index contributed by atoms with van der Waals surface area (Å²) in [5.41, 5.74) is 0. The SMILES string of the molecule is CCCCC(CC)N(N)CCCC. The van der Waals surface area contributed by atoms with E-state index in [2.05, 4.69) is 20.8 Å². The molecule has 0 fully saturated rings. The first-order valence-electron chi connectivity index (χ1n) is 5.77. The van der Waals surface area contributed by atoms with Gasteiger partial charge in [-0.05, 0) is 19.3 Å². The molecule has 0 aliphatic carbocycles. The number of rotatable bonds is 8. The van der Waals surface area contributed by atoms with E-state index in [0.29, 0.717) is 6.04 Å². The van der Waals surface area contributed by atoms with Crippen molar-refractivity contribution in [3.05, 3.63) is 0 Å². The van der Waals surface area contributed by atoms with E-state index in [9.17, 15) is 0 Å². The number of nitrogens with zero attached hydrogens (tertiary/aromatic N) is 1. The Morgan fingerprint density at radius 2 is 1.69 bits per heavy atom. The van der Waals surface area contributed by atoms with Gasteiger partial charge in [0.15, 0.2) is 0 Å². The van der Waals surface area contributed by atoms with Gasteiger partial charge in [0.1, 0.15) is 0 Å². The van der Waals surface area contributed by atoms with Gasteiger partial charge in [-0.25, -0.2) is 5.01 Å². The molecule has 2 nitrogen and oxygen atoms in total. The second kappa shape index (κ2) is 8.52. The van der Waals surface area contributed by atoms with Crippen molar-refractivity contribution in [2.24, 2.45) is 5.84 Å². The summed E-state index contributed by atoms with van der Waals surface area (Å²) in [4.78, 5) is 0. The Hall–Kier alpha value is -0.0800. The number of nitrogens with two attached hydrogens (primary N) is 1. The lowest BCUT2D eigenvalue weighted by Crippen LogP contribution is -2.41. The van der Waals surface area contributed by atoms with Crippen LogP contribution < -0.4 is 5.84 Å². The van der Waals surface area contributed by atoms with Crippen molar-refractivity contribution < 1.29 is 0 Å². The lowest BCUT2D eigenvalue weighted by Gasteiger charge is -2.26. The summed E-state index contributed by atoms with van der Waals surface area (Å²) in [6.45, 7) is 7.73. The maximum Gasteiger partial charge on any atom is 0.0238 e. The molecule has 0 aliphatic heterocycles. The highest BCUT2D eigenvalue weighted by Gasteiger charge is 2.11. The predicted octanol–water partition coefficient (Wildman–Crippen LogP) is 2.93. The van der Waals surface area contributed by atoms with Gasteiger partial charge in [-0.15, -0.1) is 0 Å². The van der Waals surface area contributed by atoms with Crippen molar-refractivity contribution >= 4 is 0 Å². The van der Waals surface area contributed by atoms with Gasteiger partial charge < -0.3 is 0 Å². The first kappa shape index (κ1) is 12.9. The van der Waals surface area contributed by atoms with Gasteiger partial charge in [0.2, 0.25) is 0 Å². The highest BCUT2D eigenvalue weighted by Crippen LogP contribution is 2.09. The smallest absolute Gasteiger partial charge is 0.0238 e. The fraction of sp³-hybridized carbons (Fsp3) is 1.00. The monoisotopic (exact) mass is 186 g/mol. The summed E-state index contributed by atoms with van der Waals surface area (Å²) < 4.78 is 0. The summed E-state index contributed by atoms with van der Waals surface area (Å²) in [5, 5.41) is 2.04. The van der Waals surface area contributed by atoms with Crippen LogP contribution in [0.2, 0.25) is 0 Å². The van der Waals surface area contributed by atoms with Gasteiger partial charge in [-0.3, -0.25) is 5.84 Å². The first-order chi connectivity index (χ1) is 6.26. The number of hydrogen-bond acceptors (Lipinski definition) is 2. The molecule has 13 heavy (non-hydrogen) atoms. The van der Waals surface area contributed by atoms with Gasteiger partial charge in [0, 0.05) is 12.6 Å². The number of hydrogen-bond donors (Lipinski definition) is 1. The Balaban J connectivity index is 3.63. The molecule has 0 aromatic carbocycles. The zero-order valence-electron chi connectivity index (χ0n) is 9.55. The van der Waals surface area contributed by atoms with Crippen LogP contribution in [0.5, 0.6) is 0 Å². The highest BCUT2D eigenvalue weighted by atomic mass is 15.4. The lowest BCUT2D eigenvalue weighted by atomic mass is 10.1. The summed E-state index contributed by atoms with van der Waals surface area (Å²) in [5.74, 6) is 5.99. The van der Waals surface area contributed by atoms with Gasteiger partial charge in [-0.2, -0.15) is 0 Å². The van der Waals surface area contributed by atoms with Crippen molar-refractivity contribution in [1.82, 2.24) is 5.01 Å². The molecular weight excluding hydrogens is 160 g/mol. The molecule has 80 valence electrons. The van der Waals surface area contributed by atoms with Crippen LogP contribution in [0.3, 0.4) is 0 Å². The summed E-state index contributed by atoms with van der Waals surface area (Å²) in [6, 6.07) is 0.603. The largest absolute Gasteiger partial charge is 0.269 e. The number of hydrazine groups is 1. The van der Waals surface area contributed by atoms with Gasteiger partial charge in [-0.1, -0.05) is 40.0 Å². The topological polar surface area (TPSA) is 29.3 Å². The van der Waals surface area contributed by atoms with Crippen molar-refractivity contribution in [3.8, 4) is 0 Å². The van der Waals surface area contributed by atoms with Crippen molar-refractivity contribution in [2.75, 3.05) is 6.54 Å². The molecule has 0 saturated heterocycles. The molecule has 2 heteroatoms. The van der Waals surface area contributed by atoms with E-state index in [1.165, 1.54) is 38.5 Å². The highest BCUT2D eigenvalue weighted by molar-refractivity contribution is 4.65. The average Bonchev–Trinajstić information content (AvgIpc) is 2.16. The van der Waals surface area contributed by atoms with Gasteiger partial charge in [0.25, 0.3) is 0 Å². The third-order valence-corrected chi connectivity index (χ3v) is 2.60. The first-order valence-corrected chi connectivity index (χ1v) is 5.77. The van der Waals surface area contributed by atoms with Crippen LogP contribution in [0.25, 0.3) is 0 Å². The summed E-state index contributed by atoms with van der Waals surface area (Å²) in [6.07, 6.45) is 7.47. The molecular formula is C11H26N2. The summed E-state index contributed by atoms with van der Waals surface area (Å²) in [7, 11) is 0. The van der Waals surface area contributed by atoms with E-state index in [1.807, 2.05) is 5.01 Å². The van der Waals surface area contributed by atoms with Crippen LogP contribution in [0.15, 0.2) is 0 Å². The van der Waals surface area contributed by atoms with E-state index < -0.39 is 0 Å². The van der Waals surface area contributed by atoms with Crippen LogP contribution in [0.1, 0.15) is 59.3 Å². The van der Waals surface area contributed by atoms with E-state index in [0.717, 1.165) is 6.54 Å². The second-order valence-corrected chi connectivity index (χ2v) is 3.80. The Labute approximate surface area is 83.5 Å². The molecule has 2 N–H and O–H groups in total. The maximum atomic E-state index is 5.99. The zero-order chi connectivity index (χ0) is 10.1. The zero-order valence-corrected chi connectivity index (χ0v) is 9.55. The predicted molar refractivity (Wildman–Crippen MR) is 59.4 cm³/mol. The minimum Gasteiger partial charge on any atom is -0.269 e. The number of unbranched alkanes of at least 4 members (excludes halogenated alkanes) is 2. The minimum absolute atomic E-state index is 0.603.